The third-order valence-corrected chi connectivity index (χ3v) is 3.50. The van der Waals surface area contributed by atoms with Gasteiger partial charge in [0.2, 0.25) is 9.05 Å². The highest BCUT2D eigenvalue weighted by Crippen LogP contribution is 2.28. The van der Waals surface area contributed by atoms with Crippen LogP contribution in [0.25, 0.3) is 0 Å². The molecule has 1 fully saturated rings. The summed E-state index contributed by atoms with van der Waals surface area (Å²) in [4.78, 5) is 0. The van der Waals surface area contributed by atoms with Crippen LogP contribution in [0, 0.1) is 0 Å². The molecule has 0 bridgehead atoms. The SMILES string of the molecule is O=S(=O)(Cl)C1CCC1O. The quantitative estimate of drug-likeness (QED) is 0.567. The lowest BCUT2D eigenvalue weighted by Crippen LogP contribution is -2.40. The largest absolute Gasteiger partial charge is 0.392 e. The normalized spacial score (nSPS) is 35.8. The second kappa shape index (κ2) is 2.11. The van der Waals surface area contributed by atoms with Crippen molar-refractivity contribution in [2.75, 3.05) is 0 Å². The van der Waals surface area contributed by atoms with Crippen LogP contribution in [0.3, 0.4) is 0 Å². The van der Waals surface area contributed by atoms with Crippen LogP contribution in [0.5, 0.6) is 0 Å². The van der Waals surface area contributed by atoms with Crippen molar-refractivity contribution in [3.63, 3.8) is 0 Å². The molecule has 3 nitrogen and oxygen atoms in total. The molecule has 0 aromatic rings. The monoisotopic (exact) mass is 170 g/mol. The molecular formula is C4H7ClO3S. The minimum atomic E-state index is -3.49. The van der Waals surface area contributed by atoms with E-state index in [1.807, 2.05) is 0 Å². The van der Waals surface area contributed by atoms with Crippen molar-refractivity contribution in [3.8, 4) is 0 Å². The maximum absolute atomic E-state index is 10.4. The smallest absolute Gasteiger partial charge is 0.238 e. The van der Waals surface area contributed by atoms with Gasteiger partial charge in [-0.1, -0.05) is 0 Å². The van der Waals surface area contributed by atoms with Crippen LogP contribution in [-0.4, -0.2) is 24.9 Å². The molecule has 0 heterocycles. The van der Waals surface area contributed by atoms with Gasteiger partial charge in [0.25, 0.3) is 0 Å². The Hall–Kier alpha value is 0.200. The van der Waals surface area contributed by atoms with E-state index in [9.17, 15) is 8.42 Å². The molecule has 1 rings (SSSR count). The summed E-state index contributed by atoms with van der Waals surface area (Å²) in [6, 6.07) is 0. The standard InChI is InChI=1S/C4H7ClO3S/c5-9(7,8)4-2-1-3(4)6/h3-4,6H,1-2H2. The van der Waals surface area contributed by atoms with E-state index in [0.717, 1.165) is 0 Å². The van der Waals surface area contributed by atoms with Gasteiger partial charge in [0.1, 0.15) is 5.25 Å². The molecule has 54 valence electrons. The molecule has 2 unspecified atom stereocenters. The van der Waals surface area contributed by atoms with Crippen LogP contribution in [-0.2, 0) is 9.05 Å². The van der Waals surface area contributed by atoms with Crippen molar-refractivity contribution in [1.29, 1.82) is 0 Å². The molecule has 9 heavy (non-hydrogen) atoms. The van der Waals surface area contributed by atoms with Crippen LogP contribution in [0.15, 0.2) is 0 Å². The molecular weight excluding hydrogens is 164 g/mol. The lowest BCUT2D eigenvalue weighted by atomic mass is 9.96. The first-order chi connectivity index (χ1) is 4.02. The topological polar surface area (TPSA) is 54.4 Å². The van der Waals surface area contributed by atoms with Crippen LogP contribution in [0.2, 0.25) is 0 Å². The van der Waals surface area contributed by atoms with Gasteiger partial charge in [-0.05, 0) is 12.8 Å². The number of aliphatic hydroxyl groups is 1. The van der Waals surface area contributed by atoms with Crippen molar-refractivity contribution in [1.82, 2.24) is 0 Å². The van der Waals surface area contributed by atoms with E-state index in [2.05, 4.69) is 0 Å². The first-order valence-corrected chi connectivity index (χ1v) is 5.00. The van der Waals surface area contributed by atoms with Gasteiger partial charge in [0.15, 0.2) is 0 Å². The summed E-state index contributed by atoms with van der Waals surface area (Å²) in [5, 5.41) is 8.07. The summed E-state index contributed by atoms with van der Waals surface area (Å²) in [5.41, 5.74) is 0. The molecule has 2 atom stereocenters. The van der Waals surface area contributed by atoms with E-state index >= 15 is 0 Å². The van der Waals surface area contributed by atoms with E-state index < -0.39 is 20.4 Å². The third kappa shape index (κ3) is 1.36. The number of rotatable bonds is 1. The number of hydrogen-bond donors (Lipinski definition) is 1. The van der Waals surface area contributed by atoms with Crippen molar-refractivity contribution >= 4 is 19.7 Å². The number of hydrogen-bond acceptors (Lipinski definition) is 3. The average molecular weight is 171 g/mol. The Bertz CT molecular complexity index is 198. The molecule has 5 heteroatoms. The Kier molecular flexibility index (Phi) is 1.71. The summed E-state index contributed by atoms with van der Waals surface area (Å²) >= 11 is 0. The highest BCUT2D eigenvalue weighted by atomic mass is 35.7. The minimum Gasteiger partial charge on any atom is -0.392 e. The van der Waals surface area contributed by atoms with Crippen LogP contribution >= 0.6 is 10.7 Å². The third-order valence-electron chi connectivity index (χ3n) is 1.54. The maximum atomic E-state index is 10.4. The molecule has 1 aliphatic carbocycles. The van der Waals surface area contributed by atoms with E-state index in [1.165, 1.54) is 0 Å². The summed E-state index contributed by atoms with van der Waals surface area (Å²) in [7, 11) is 1.45. The van der Waals surface area contributed by atoms with E-state index in [-0.39, 0.29) is 0 Å². The van der Waals surface area contributed by atoms with Gasteiger partial charge in [0.05, 0.1) is 6.10 Å². The molecule has 0 aromatic heterocycles. The van der Waals surface area contributed by atoms with Gasteiger partial charge in [-0.25, -0.2) is 8.42 Å². The average Bonchev–Trinajstić information content (AvgIpc) is 1.57. The fourth-order valence-electron chi connectivity index (χ4n) is 0.780. The van der Waals surface area contributed by atoms with Gasteiger partial charge >= 0.3 is 0 Å². The second-order valence-corrected chi connectivity index (χ2v) is 5.01. The van der Waals surface area contributed by atoms with Gasteiger partial charge in [0, 0.05) is 10.7 Å². The Labute approximate surface area is 58.1 Å². The van der Waals surface area contributed by atoms with Crippen molar-refractivity contribution in [2.24, 2.45) is 0 Å². The summed E-state index contributed by atoms with van der Waals surface area (Å²) < 4.78 is 20.9. The highest BCUT2D eigenvalue weighted by Gasteiger charge is 2.38. The van der Waals surface area contributed by atoms with Crippen molar-refractivity contribution in [2.45, 2.75) is 24.2 Å². The molecule has 0 aliphatic heterocycles. The zero-order valence-electron chi connectivity index (χ0n) is 4.62. The van der Waals surface area contributed by atoms with Gasteiger partial charge < -0.3 is 5.11 Å². The van der Waals surface area contributed by atoms with E-state index in [1.54, 1.807) is 0 Å². The second-order valence-electron chi connectivity index (χ2n) is 2.16. The Morgan fingerprint density at radius 3 is 2.00 bits per heavy atom. The molecule has 1 saturated carbocycles. The van der Waals surface area contributed by atoms with Gasteiger partial charge in [-0.15, -0.1) is 0 Å². The summed E-state index contributed by atoms with van der Waals surface area (Å²) in [6.45, 7) is 0. The summed E-state index contributed by atoms with van der Waals surface area (Å²) in [6.07, 6.45) is 0.316. The van der Waals surface area contributed by atoms with Crippen LogP contribution < -0.4 is 0 Å². The fourth-order valence-corrected chi connectivity index (χ4v) is 2.33. The summed E-state index contributed by atoms with van der Waals surface area (Å²) in [5.74, 6) is 0. The molecule has 0 aromatic carbocycles. The maximum Gasteiger partial charge on any atom is 0.238 e. The lowest BCUT2D eigenvalue weighted by Gasteiger charge is -2.28. The van der Waals surface area contributed by atoms with E-state index in [4.69, 9.17) is 15.8 Å². The molecule has 0 amide bonds. The van der Waals surface area contributed by atoms with Gasteiger partial charge in [-0.3, -0.25) is 0 Å². The Morgan fingerprint density at radius 2 is 2.00 bits per heavy atom. The molecule has 0 spiro atoms. The lowest BCUT2D eigenvalue weighted by molar-refractivity contribution is 0.100. The highest BCUT2D eigenvalue weighted by molar-refractivity contribution is 8.14. The van der Waals surface area contributed by atoms with E-state index in [0.29, 0.717) is 12.8 Å². The first-order valence-electron chi connectivity index (χ1n) is 2.63. The van der Waals surface area contributed by atoms with Crippen LogP contribution in [0.4, 0.5) is 0 Å². The Morgan fingerprint density at radius 1 is 1.44 bits per heavy atom. The fraction of sp³-hybridized carbons (Fsp3) is 1.00. The predicted octanol–water partition coefficient (Wildman–Crippen LogP) is 0.0783. The molecule has 0 radical (unpaired) electrons. The van der Waals surface area contributed by atoms with Crippen molar-refractivity contribution in [3.05, 3.63) is 0 Å². The van der Waals surface area contributed by atoms with Crippen LogP contribution in [0.1, 0.15) is 12.8 Å². The zero-order valence-corrected chi connectivity index (χ0v) is 6.19. The molecule has 1 aliphatic rings. The zero-order chi connectivity index (χ0) is 7.07. The number of halogens is 1. The minimum absolute atomic E-state index is 0.493. The van der Waals surface area contributed by atoms with Gasteiger partial charge in [-0.2, -0.15) is 0 Å². The molecule has 0 saturated heterocycles. The van der Waals surface area contributed by atoms with Crippen molar-refractivity contribution < 1.29 is 13.5 Å². The first kappa shape index (κ1) is 7.31. The number of aliphatic hydroxyl groups excluding tert-OH is 1. The Balaban J connectivity index is 2.66. The molecule has 1 N–H and O–H groups in total. The predicted molar refractivity (Wildman–Crippen MR) is 33.8 cm³/mol.